The highest BCUT2D eigenvalue weighted by atomic mass is 16.5. The standard InChI is InChI=1S/C20H29N3O4/c1-4-26-18-10-16-9-14(2)27-19(16)11-17(18)12-21-20(25)13-22-5-7-23(8-6-22)15(3)24/h10-11,14H,4-9,12-13H2,1-3H3,(H,21,25)/t14-/m1/s1. The zero-order valence-corrected chi connectivity index (χ0v) is 16.4. The average molecular weight is 375 g/mol. The first-order valence-electron chi connectivity index (χ1n) is 9.66. The number of ether oxygens (including phenoxy) is 2. The molecule has 27 heavy (non-hydrogen) atoms. The van der Waals surface area contributed by atoms with Crippen LogP contribution in [0.1, 0.15) is 31.9 Å². The highest BCUT2D eigenvalue weighted by Gasteiger charge is 2.23. The molecule has 1 aromatic carbocycles. The van der Waals surface area contributed by atoms with Crippen molar-refractivity contribution in [3.63, 3.8) is 0 Å². The molecule has 2 aliphatic rings. The second kappa shape index (κ2) is 8.61. The van der Waals surface area contributed by atoms with Crippen LogP contribution < -0.4 is 14.8 Å². The second-order valence-corrected chi connectivity index (χ2v) is 7.19. The summed E-state index contributed by atoms with van der Waals surface area (Å²) in [6.07, 6.45) is 1.06. The van der Waals surface area contributed by atoms with Gasteiger partial charge in [0.15, 0.2) is 0 Å². The number of hydrogen-bond acceptors (Lipinski definition) is 5. The minimum atomic E-state index is -0.0245. The molecule has 0 spiro atoms. The first-order valence-corrected chi connectivity index (χ1v) is 9.66. The normalized spacial score (nSPS) is 19.4. The average Bonchev–Trinajstić information content (AvgIpc) is 2.99. The Morgan fingerprint density at radius 2 is 2.00 bits per heavy atom. The van der Waals surface area contributed by atoms with E-state index in [0.717, 1.165) is 42.1 Å². The summed E-state index contributed by atoms with van der Waals surface area (Å²) in [6.45, 7) is 9.72. The molecule has 3 rings (SSSR count). The van der Waals surface area contributed by atoms with Crippen LogP contribution in [0.15, 0.2) is 12.1 Å². The summed E-state index contributed by atoms with van der Waals surface area (Å²) in [5, 5.41) is 2.98. The number of rotatable bonds is 6. The fraction of sp³-hybridized carbons (Fsp3) is 0.600. The monoisotopic (exact) mass is 375 g/mol. The van der Waals surface area contributed by atoms with Gasteiger partial charge in [-0.25, -0.2) is 0 Å². The molecule has 7 nitrogen and oxygen atoms in total. The molecule has 148 valence electrons. The number of nitrogens with one attached hydrogen (secondary N) is 1. The molecule has 0 aromatic heterocycles. The van der Waals surface area contributed by atoms with Crippen LogP contribution in [0.2, 0.25) is 0 Å². The fourth-order valence-corrected chi connectivity index (χ4v) is 3.58. The van der Waals surface area contributed by atoms with Gasteiger partial charge in [0.05, 0.1) is 13.2 Å². The third kappa shape index (κ3) is 4.91. The van der Waals surface area contributed by atoms with E-state index in [9.17, 15) is 9.59 Å². The first-order chi connectivity index (χ1) is 13.0. The van der Waals surface area contributed by atoms with Crippen molar-refractivity contribution in [1.82, 2.24) is 15.1 Å². The highest BCUT2D eigenvalue weighted by molar-refractivity contribution is 5.78. The number of carbonyl (C=O) groups is 2. The zero-order valence-electron chi connectivity index (χ0n) is 16.4. The molecule has 1 atom stereocenters. The van der Waals surface area contributed by atoms with Gasteiger partial charge in [-0.3, -0.25) is 14.5 Å². The number of nitrogens with zero attached hydrogens (tertiary/aromatic N) is 2. The summed E-state index contributed by atoms with van der Waals surface area (Å²) in [7, 11) is 0. The second-order valence-electron chi connectivity index (χ2n) is 7.19. The molecular formula is C20H29N3O4. The minimum Gasteiger partial charge on any atom is -0.494 e. The van der Waals surface area contributed by atoms with Crippen molar-refractivity contribution in [3.8, 4) is 11.5 Å². The Hall–Kier alpha value is -2.28. The Kier molecular flexibility index (Phi) is 6.21. The van der Waals surface area contributed by atoms with Crippen LogP contribution in [0.3, 0.4) is 0 Å². The van der Waals surface area contributed by atoms with Gasteiger partial charge in [0.2, 0.25) is 11.8 Å². The first kappa shape index (κ1) is 19.5. The molecule has 0 aliphatic carbocycles. The molecule has 0 unspecified atom stereocenters. The maximum Gasteiger partial charge on any atom is 0.234 e. The van der Waals surface area contributed by atoms with Crippen molar-refractivity contribution in [1.29, 1.82) is 0 Å². The van der Waals surface area contributed by atoms with Gasteiger partial charge in [-0.15, -0.1) is 0 Å². The molecule has 1 N–H and O–H groups in total. The lowest BCUT2D eigenvalue weighted by Crippen LogP contribution is -2.50. The van der Waals surface area contributed by atoms with E-state index in [4.69, 9.17) is 9.47 Å². The Morgan fingerprint density at radius 1 is 1.26 bits per heavy atom. The molecule has 1 fully saturated rings. The van der Waals surface area contributed by atoms with E-state index in [1.165, 1.54) is 0 Å². The molecule has 0 radical (unpaired) electrons. The van der Waals surface area contributed by atoms with Crippen molar-refractivity contribution in [2.75, 3.05) is 39.3 Å². The predicted octanol–water partition coefficient (Wildman–Crippen LogP) is 1.19. The minimum absolute atomic E-state index is 0.0245. The van der Waals surface area contributed by atoms with Crippen LogP contribution in [-0.4, -0.2) is 67.0 Å². The van der Waals surface area contributed by atoms with Crippen molar-refractivity contribution in [2.45, 2.75) is 39.8 Å². The quantitative estimate of drug-likeness (QED) is 0.809. The van der Waals surface area contributed by atoms with Crippen molar-refractivity contribution < 1.29 is 19.1 Å². The molecule has 0 bridgehead atoms. The number of piperazine rings is 1. The third-order valence-electron chi connectivity index (χ3n) is 5.04. The van der Waals surface area contributed by atoms with E-state index in [0.29, 0.717) is 32.8 Å². The van der Waals surface area contributed by atoms with Gasteiger partial charge in [-0.1, -0.05) is 0 Å². The number of amides is 2. The lowest BCUT2D eigenvalue weighted by atomic mass is 10.1. The predicted molar refractivity (Wildman–Crippen MR) is 102 cm³/mol. The lowest BCUT2D eigenvalue weighted by molar-refractivity contribution is -0.131. The van der Waals surface area contributed by atoms with E-state index in [2.05, 4.69) is 10.2 Å². The van der Waals surface area contributed by atoms with Gasteiger partial charge in [-0.05, 0) is 26.0 Å². The Bertz CT molecular complexity index is 699. The van der Waals surface area contributed by atoms with Crippen molar-refractivity contribution >= 4 is 11.8 Å². The van der Waals surface area contributed by atoms with Crippen LogP contribution >= 0.6 is 0 Å². The maximum atomic E-state index is 12.3. The largest absolute Gasteiger partial charge is 0.494 e. The van der Waals surface area contributed by atoms with Crippen LogP contribution in [0, 0.1) is 0 Å². The van der Waals surface area contributed by atoms with Gasteiger partial charge in [0.25, 0.3) is 0 Å². The SMILES string of the molecule is CCOc1cc2c(cc1CNC(=O)CN1CCN(C(C)=O)CC1)O[C@H](C)C2. The van der Waals surface area contributed by atoms with Crippen molar-refractivity contribution in [3.05, 3.63) is 23.3 Å². The van der Waals surface area contributed by atoms with Crippen LogP contribution in [0.4, 0.5) is 0 Å². The third-order valence-corrected chi connectivity index (χ3v) is 5.04. The van der Waals surface area contributed by atoms with E-state index in [-0.39, 0.29) is 17.9 Å². The maximum absolute atomic E-state index is 12.3. The van der Waals surface area contributed by atoms with Crippen molar-refractivity contribution in [2.24, 2.45) is 0 Å². The molecule has 1 aromatic rings. The summed E-state index contributed by atoms with van der Waals surface area (Å²) < 4.78 is 11.6. The van der Waals surface area contributed by atoms with E-state index >= 15 is 0 Å². The molecular weight excluding hydrogens is 346 g/mol. The van der Waals surface area contributed by atoms with Gasteiger partial charge in [-0.2, -0.15) is 0 Å². The fourth-order valence-electron chi connectivity index (χ4n) is 3.58. The van der Waals surface area contributed by atoms with Crippen LogP contribution in [-0.2, 0) is 22.6 Å². The molecule has 1 saturated heterocycles. The van der Waals surface area contributed by atoms with Crippen LogP contribution in [0.25, 0.3) is 0 Å². The van der Waals surface area contributed by atoms with Gasteiger partial charge >= 0.3 is 0 Å². The Morgan fingerprint density at radius 3 is 2.67 bits per heavy atom. The summed E-state index contributed by atoms with van der Waals surface area (Å²) in [4.78, 5) is 27.6. The lowest BCUT2D eigenvalue weighted by Gasteiger charge is -2.33. The number of hydrogen-bond donors (Lipinski definition) is 1. The molecule has 2 heterocycles. The molecule has 7 heteroatoms. The number of benzene rings is 1. The summed E-state index contributed by atoms with van der Waals surface area (Å²) in [6, 6.07) is 4.01. The van der Waals surface area contributed by atoms with Crippen LogP contribution in [0.5, 0.6) is 11.5 Å². The highest BCUT2D eigenvalue weighted by Crippen LogP contribution is 2.35. The number of fused-ring (bicyclic) bond motifs is 1. The van der Waals surface area contributed by atoms with E-state index in [1.807, 2.05) is 30.9 Å². The Balaban J connectivity index is 1.54. The smallest absolute Gasteiger partial charge is 0.234 e. The molecule has 0 saturated carbocycles. The van der Waals surface area contributed by atoms with Gasteiger partial charge in [0, 0.05) is 57.2 Å². The summed E-state index contributed by atoms with van der Waals surface area (Å²) in [5.41, 5.74) is 2.09. The van der Waals surface area contributed by atoms with Gasteiger partial charge in [0.1, 0.15) is 17.6 Å². The molecule has 2 aliphatic heterocycles. The zero-order chi connectivity index (χ0) is 19.4. The summed E-state index contributed by atoms with van der Waals surface area (Å²) >= 11 is 0. The topological polar surface area (TPSA) is 71.1 Å². The summed E-state index contributed by atoms with van der Waals surface area (Å²) in [5.74, 6) is 1.76. The Labute approximate surface area is 160 Å². The van der Waals surface area contributed by atoms with Gasteiger partial charge < -0.3 is 19.7 Å². The van der Waals surface area contributed by atoms with E-state index in [1.54, 1.807) is 6.92 Å². The number of carbonyl (C=O) groups excluding carboxylic acids is 2. The van der Waals surface area contributed by atoms with E-state index < -0.39 is 0 Å². The molecule has 2 amide bonds.